The van der Waals surface area contributed by atoms with Gasteiger partial charge >= 0.3 is 0 Å². The molecule has 2 aliphatic carbocycles. The fourth-order valence-electron chi connectivity index (χ4n) is 3.79. The summed E-state index contributed by atoms with van der Waals surface area (Å²) in [7, 11) is 0. The second kappa shape index (κ2) is 4.31. The Morgan fingerprint density at radius 2 is 2.11 bits per heavy atom. The van der Waals surface area contributed by atoms with Crippen LogP contribution in [-0.2, 0) is 12.8 Å². The van der Waals surface area contributed by atoms with Crippen molar-refractivity contribution in [2.24, 2.45) is 16.6 Å². The molecule has 1 aromatic rings. The van der Waals surface area contributed by atoms with Gasteiger partial charge in [-0.15, -0.1) is 0 Å². The number of nitrogens with two attached hydrogens (primary N) is 1. The minimum atomic E-state index is 0.205. The van der Waals surface area contributed by atoms with Crippen LogP contribution in [0.25, 0.3) is 0 Å². The molecule has 0 saturated heterocycles. The van der Waals surface area contributed by atoms with Crippen molar-refractivity contribution >= 4 is 0 Å². The van der Waals surface area contributed by atoms with E-state index in [1.807, 2.05) is 0 Å². The van der Waals surface area contributed by atoms with E-state index < -0.39 is 0 Å². The normalized spacial score (nSPS) is 24.9. The van der Waals surface area contributed by atoms with Crippen LogP contribution in [0.5, 0.6) is 0 Å². The summed E-state index contributed by atoms with van der Waals surface area (Å²) < 4.78 is 0. The first kappa shape index (κ1) is 13.1. The van der Waals surface area contributed by atoms with Gasteiger partial charge in [0.1, 0.15) is 0 Å². The van der Waals surface area contributed by atoms with Crippen LogP contribution < -0.4 is 5.73 Å². The van der Waals surface area contributed by atoms with Crippen LogP contribution in [0.1, 0.15) is 69.3 Å². The Morgan fingerprint density at radius 1 is 1.37 bits per heavy atom. The Labute approximate surface area is 116 Å². The van der Waals surface area contributed by atoms with E-state index in [2.05, 4.69) is 33.0 Å². The van der Waals surface area contributed by atoms with E-state index in [0.29, 0.717) is 10.8 Å². The van der Waals surface area contributed by atoms with E-state index in [9.17, 15) is 0 Å². The maximum Gasteiger partial charge on any atom is 0.0457 e. The lowest BCUT2D eigenvalue weighted by Crippen LogP contribution is -2.39. The van der Waals surface area contributed by atoms with Gasteiger partial charge in [-0.2, -0.15) is 0 Å². The number of fused-ring (bicyclic) bond motifs is 1. The molecule has 1 heterocycles. The van der Waals surface area contributed by atoms with Crippen molar-refractivity contribution in [2.45, 2.75) is 65.3 Å². The van der Waals surface area contributed by atoms with E-state index >= 15 is 0 Å². The van der Waals surface area contributed by atoms with Gasteiger partial charge in [0, 0.05) is 17.9 Å². The number of rotatable bonds is 1. The summed E-state index contributed by atoms with van der Waals surface area (Å²) in [6.07, 6.45) is 9.56. The van der Waals surface area contributed by atoms with E-state index in [1.165, 1.54) is 42.5 Å². The summed E-state index contributed by atoms with van der Waals surface area (Å²) in [4.78, 5) is 4.75. The molecule has 0 aliphatic heterocycles. The smallest absolute Gasteiger partial charge is 0.0457 e. The van der Waals surface area contributed by atoms with Gasteiger partial charge < -0.3 is 5.73 Å². The summed E-state index contributed by atoms with van der Waals surface area (Å²) in [5.74, 6) is 0. The van der Waals surface area contributed by atoms with Crippen LogP contribution in [0.15, 0.2) is 12.3 Å². The molecule has 0 aromatic carbocycles. The number of hydrogen-bond donors (Lipinski definition) is 1. The number of nitrogens with zero attached hydrogens (tertiary/aromatic N) is 1. The molecule has 19 heavy (non-hydrogen) atoms. The SMILES string of the molecule is CC(C)(C)Cc1cnc2c(c1)C(N)CC1(CCC1)C2. The molecule has 2 nitrogen and oxygen atoms in total. The molecule has 1 aromatic heterocycles. The molecular weight excluding hydrogens is 232 g/mol. The van der Waals surface area contributed by atoms with Gasteiger partial charge in [0.25, 0.3) is 0 Å². The minimum absolute atomic E-state index is 0.205. The van der Waals surface area contributed by atoms with Crippen molar-refractivity contribution in [3.05, 3.63) is 29.1 Å². The summed E-state index contributed by atoms with van der Waals surface area (Å²) in [5, 5.41) is 0. The highest BCUT2D eigenvalue weighted by atomic mass is 14.8. The molecule has 3 rings (SSSR count). The molecule has 2 aliphatic rings. The molecule has 1 saturated carbocycles. The Kier molecular flexibility index (Phi) is 2.97. The van der Waals surface area contributed by atoms with Crippen molar-refractivity contribution in [3.8, 4) is 0 Å². The Balaban J connectivity index is 1.87. The zero-order valence-corrected chi connectivity index (χ0v) is 12.5. The summed E-state index contributed by atoms with van der Waals surface area (Å²) >= 11 is 0. The van der Waals surface area contributed by atoms with Crippen molar-refractivity contribution in [3.63, 3.8) is 0 Å². The van der Waals surface area contributed by atoms with Crippen molar-refractivity contribution in [2.75, 3.05) is 0 Å². The summed E-state index contributed by atoms with van der Waals surface area (Å²) in [6, 6.07) is 2.53. The number of aromatic nitrogens is 1. The fourth-order valence-corrected chi connectivity index (χ4v) is 3.79. The molecule has 0 bridgehead atoms. The van der Waals surface area contributed by atoms with Gasteiger partial charge in [0.2, 0.25) is 0 Å². The quantitative estimate of drug-likeness (QED) is 0.832. The lowest BCUT2D eigenvalue weighted by Gasteiger charge is -2.47. The lowest BCUT2D eigenvalue weighted by molar-refractivity contribution is 0.0960. The molecule has 104 valence electrons. The molecule has 0 amide bonds. The molecule has 1 spiro atoms. The van der Waals surface area contributed by atoms with E-state index in [0.717, 1.165) is 12.8 Å². The highest BCUT2D eigenvalue weighted by molar-refractivity contribution is 5.33. The van der Waals surface area contributed by atoms with Crippen LogP contribution in [0.3, 0.4) is 0 Å². The molecule has 1 atom stereocenters. The summed E-state index contributed by atoms with van der Waals surface area (Å²) in [6.45, 7) is 6.82. The molecule has 0 radical (unpaired) electrons. The highest BCUT2D eigenvalue weighted by Gasteiger charge is 2.42. The van der Waals surface area contributed by atoms with Gasteiger partial charge in [0.05, 0.1) is 0 Å². The zero-order chi connectivity index (χ0) is 13.7. The molecule has 1 unspecified atom stereocenters. The lowest BCUT2D eigenvalue weighted by atomic mass is 9.59. The zero-order valence-electron chi connectivity index (χ0n) is 12.5. The van der Waals surface area contributed by atoms with E-state index in [1.54, 1.807) is 0 Å². The van der Waals surface area contributed by atoms with Gasteiger partial charge in [0.15, 0.2) is 0 Å². The first-order chi connectivity index (χ1) is 8.87. The van der Waals surface area contributed by atoms with Crippen molar-refractivity contribution < 1.29 is 0 Å². The largest absolute Gasteiger partial charge is 0.324 e. The highest BCUT2D eigenvalue weighted by Crippen LogP contribution is 2.52. The molecular formula is C17H26N2. The standard InChI is InChI=1S/C17H26N2/c1-16(2,3)8-12-7-13-14(18)9-17(5-4-6-17)10-15(13)19-11-12/h7,11,14H,4-6,8-10,18H2,1-3H3. The monoisotopic (exact) mass is 258 g/mol. The number of hydrogen-bond acceptors (Lipinski definition) is 2. The average Bonchev–Trinajstić information content (AvgIpc) is 2.25. The third kappa shape index (κ3) is 2.55. The van der Waals surface area contributed by atoms with Crippen molar-refractivity contribution in [1.82, 2.24) is 4.98 Å². The van der Waals surface area contributed by atoms with Crippen LogP contribution in [0.2, 0.25) is 0 Å². The van der Waals surface area contributed by atoms with Crippen molar-refractivity contribution in [1.29, 1.82) is 0 Å². The maximum absolute atomic E-state index is 6.42. The predicted molar refractivity (Wildman–Crippen MR) is 78.9 cm³/mol. The second-order valence-electron chi connectivity index (χ2n) is 7.96. The number of pyridine rings is 1. The topological polar surface area (TPSA) is 38.9 Å². The van der Waals surface area contributed by atoms with Gasteiger partial charge in [-0.25, -0.2) is 0 Å². The van der Waals surface area contributed by atoms with Crippen LogP contribution in [0, 0.1) is 10.8 Å². The fraction of sp³-hybridized carbons (Fsp3) is 0.706. The first-order valence-electron chi connectivity index (χ1n) is 7.60. The van der Waals surface area contributed by atoms with E-state index in [-0.39, 0.29) is 6.04 Å². The van der Waals surface area contributed by atoms with Gasteiger partial charge in [-0.3, -0.25) is 4.98 Å². The Hall–Kier alpha value is -0.890. The molecule has 1 fully saturated rings. The first-order valence-corrected chi connectivity index (χ1v) is 7.60. The second-order valence-corrected chi connectivity index (χ2v) is 7.96. The Morgan fingerprint density at radius 3 is 2.68 bits per heavy atom. The molecule has 2 N–H and O–H groups in total. The van der Waals surface area contributed by atoms with Gasteiger partial charge in [-0.05, 0) is 54.1 Å². The van der Waals surface area contributed by atoms with E-state index in [4.69, 9.17) is 10.7 Å². The van der Waals surface area contributed by atoms with Gasteiger partial charge in [-0.1, -0.05) is 33.3 Å². The van der Waals surface area contributed by atoms with Crippen LogP contribution in [-0.4, -0.2) is 4.98 Å². The maximum atomic E-state index is 6.42. The average molecular weight is 258 g/mol. The molecule has 2 heteroatoms. The minimum Gasteiger partial charge on any atom is -0.324 e. The Bertz CT molecular complexity index is 481. The van der Waals surface area contributed by atoms with Crippen LogP contribution >= 0.6 is 0 Å². The predicted octanol–water partition coefficient (Wildman–Crippen LogP) is 3.79. The van der Waals surface area contributed by atoms with Crippen LogP contribution in [0.4, 0.5) is 0 Å². The third-order valence-corrected chi connectivity index (χ3v) is 4.80. The third-order valence-electron chi connectivity index (χ3n) is 4.80. The summed E-state index contributed by atoms with van der Waals surface area (Å²) in [5.41, 5.74) is 11.2.